The van der Waals surface area contributed by atoms with Gasteiger partial charge < -0.3 is 4.74 Å². The number of halogens is 3. The second kappa shape index (κ2) is 4.35. The average molecular weight is 239 g/mol. The molecule has 0 saturated heterocycles. The monoisotopic (exact) mass is 238 g/mol. The summed E-state index contributed by atoms with van der Waals surface area (Å²) in [6, 6.07) is 0. The van der Waals surface area contributed by atoms with Gasteiger partial charge in [-0.15, -0.1) is 0 Å². The molecule has 15 heavy (non-hydrogen) atoms. The first kappa shape index (κ1) is 11.6. The van der Waals surface area contributed by atoms with Crippen LogP contribution in [0.1, 0.15) is 12.0 Å². The standard InChI is InChI=1S/C7H5ClF2N2O3/c1-15-3-2-11-6(8)4(7(9)10)5(3)12(13)14/h2,7H,1H3. The minimum Gasteiger partial charge on any atom is -0.489 e. The zero-order chi connectivity index (χ0) is 11.6. The summed E-state index contributed by atoms with van der Waals surface area (Å²) in [5.74, 6) is -0.347. The van der Waals surface area contributed by atoms with Crippen molar-refractivity contribution < 1.29 is 18.4 Å². The number of aromatic nitrogens is 1. The van der Waals surface area contributed by atoms with Crippen LogP contribution in [0.5, 0.6) is 5.75 Å². The van der Waals surface area contributed by atoms with Gasteiger partial charge >= 0.3 is 5.69 Å². The molecule has 0 bridgehead atoms. The molecule has 0 aromatic carbocycles. The van der Waals surface area contributed by atoms with Gasteiger partial charge in [-0.3, -0.25) is 10.1 Å². The van der Waals surface area contributed by atoms with Gasteiger partial charge in [-0.25, -0.2) is 13.8 Å². The highest BCUT2D eigenvalue weighted by Crippen LogP contribution is 2.39. The minimum absolute atomic E-state index is 0.347. The molecule has 0 atom stereocenters. The van der Waals surface area contributed by atoms with E-state index in [0.29, 0.717) is 0 Å². The van der Waals surface area contributed by atoms with Gasteiger partial charge in [0.05, 0.1) is 18.2 Å². The maximum atomic E-state index is 12.5. The van der Waals surface area contributed by atoms with E-state index in [1.165, 1.54) is 0 Å². The zero-order valence-corrected chi connectivity index (χ0v) is 8.16. The van der Waals surface area contributed by atoms with Gasteiger partial charge in [0.15, 0.2) is 0 Å². The van der Waals surface area contributed by atoms with Crippen LogP contribution in [0.2, 0.25) is 5.15 Å². The van der Waals surface area contributed by atoms with Gasteiger partial charge in [0, 0.05) is 0 Å². The summed E-state index contributed by atoms with van der Waals surface area (Å²) in [5, 5.41) is 9.96. The summed E-state index contributed by atoms with van der Waals surface area (Å²) in [7, 11) is 1.12. The van der Waals surface area contributed by atoms with Crippen molar-refractivity contribution in [2.24, 2.45) is 0 Å². The molecule has 8 heteroatoms. The van der Waals surface area contributed by atoms with Gasteiger partial charge in [-0.05, 0) is 0 Å². The first-order valence-electron chi connectivity index (χ1n) is 3.64. The van der Waals surface area contributed by atoms with Crippen LogP contribution in [0, 0.1) is 10.1 Å². The van der Waals surface area contributed by atoms with E-state index in [4.69, 9.17) is 11.6 Å². The predicted octanol–water partition coefficient (Wildman–Crippen LogP) is 2.59. The summed E-state index contributed by atoms with van der Waals surface area (Å²) in [5.41, 5.74) is -1.78. The van der Waals surface area contributed by atoms with Crippen LogP contribution in [0.3, 0.4) is 0 Å². The Labute approximate surface area is 87.8 Å². The largest absolute Gasteiger partial charge is 0.489 e. The van der Waals surface area contributed by atoms with Crippen molar-refractivity contribution in [1.29, 1.82) is 0 Å². The van der Waals surface area contributed by atoms with Crippen LogP contribution in [0.25, 0.3) is 0 Å². The molecule has 0 N–H and O–H groups in total. The number of hydrogen-bond acceptors (Lipinski definition) is 4. The van der Waals surface area contributed by atoms with Gasteiger partial charge in [0.1, 0.15) is 10.7 Å². The molecular formula is C7H5ClF2N2O3. The first-order chi connectivity index (χ1) is 6.99. The number of pyridine rings is 1. The van der Waals surface area contributed by atoms with Crippen molar-refractivity contribution >= 4 is 17.3 Å². The molecule has 0 aliphatic heterocycles. The van der Waals surface area contributed by atoms with Crippen molar-refractivity contribution in [3.05, 3.63) is 27.0 Å². The molecule has 5 nitrogen and oxygen atoms in total. The van der Waals surface area contributed by atoms with E-state index < -0.39 is 27.8 Å². The fourth-order valence-electron chi connectivity index (χ4n) is 1.01. The molecule has 1 heterocycles. The highest BCUT2D eigenvalue weighted by atomic mass is 35.5. The van der Waals surface area contributed by atoms with E-state index in [1.54, 1.807) is 0 Å². The van der Waals surface area contributed by atoms with E-state index in [2.05, 4.69) is 9.72 Å². The fraction of sp³-hybridized carbons (Fsp3) is 0.286. The van der Waals surface area contributed by atoms with Gasteiger partial charge in [0.25, 0.3) is 6.43 Å². The van der Waals surface area contributed by atoms with Crippen molar-refractivity contribution in [1.82, 2.24) is 4.98 Å². The number of rotatable bonds is 3. The second-order valence-corrected chi connectivity index (χ2v) is 2.80. The molecule has 0 aliphatic rings. The Bertz CT molecular complexity index is 400. The van der Waals surface area contributed by atoms with E-state index >= 15 is 0 Å². The van der Waals surface area contributed by atoms with Crippen LogP contribution in [-0.2, 0) is 0 Å². The topological polar surface area (TPSA) is 65.3 Å². The molecule has 1 rings (SSSR count). The van der Waals surface area contributed by atoms with E-state index in [1.807, 2.05) is 0 Å². The number of alkyl halides is 2. The summed E-state index contributed by atoms with van der Waals surface area (Å²) >= 11 is 5.35. The van der Waals surface area contributed by atoms with Crippen LogP contribution >= 0.6 is 11.6 Å². The highest BCUT2D eigenvalue weighted by molar-refractivity contribution is 6.30. The molecular weight excluding hydrogens is 234 g/mol. The summed E-state index contributed by atoms with van der Waals surface area (Å²) in [4.78, 5) is 13.0. The molecule has 0 fully saturated rings. The Kier molecular flexibility index (Phi) is 3.35. The minimum atomic E-state index is -3.08. The van der Waals surface area contributed by atoms with Crippen LogP contribution in [0.15, 0.2) is 6.20 Å². The number of nitro groups is 1. The predicted molar refractivity (Wildman–Crippen MR) is 47.4 cm³/mol. The Morgan fingerprint density at radius 2 is 2.27 bits per heavy atom. The smallest absolute Gasteiger partial charge is 0.324 e. The third-order valence-electron chi connectivity index (χ3n) is 1.63. The third-order valence-corrected chi connectivity index (χ3v) is 1.93. The molecule has 0 aliphatic carbocycles. The zero-order valence-electron chi connectivity index (χ0n) is 7.41. The van der Waals surface area contributed by atoms with Crippen LogP contribution < -0.4 is 4.74 Å². The molecule has 0 unspecified atom stereocenters. The molecule has 1 aromatic heterocycles. The highest BCUT2D eigenvalue weighted by Gasteiger charge is 2.30. The lowest BCUT2D eigenvalue weighted by atomic mass is 10.2. The van der Waals surface area contributed by atoms with E-state index in [-0.39, 0.29) is 5.75 Å². The third kappa shape index (κ3) is 2.12. The van der Waals surface area contributed by atoms with Crippen LogP contribution in [-0.4, -0.2) is 17.0 Å². The quantitative estimate of drug-likeness (QED) is 0.461. The maximum Gasteiger partial charge on any atom is 0.324 e. The molecule has 0 spiro atoms. The number of ether oxygens (including phenoxy) is 1. The Balaban J connectivity index is 3.51. The average Bonchev–Trinajstić information content (AvgIpc) is 2.16. The molecule has 1 aromatic rings. The fourth-order valence-corrected chi connectivity index (χ4v) is 1.23. The van der Waals surface area contributed by atoms with E-state index in [9.17, 15) is 18.9 Å². The van der Waals surface area contributed by atoms with Crippen molar-refractivity contribution in [2.45, 2.75) is 6.43 Å². The Hall–Kier alpha value is -1.50. The number of hydrogen-bond donors (Lipinski definition) is 0. The first-order valence-corrected chi connectivity index (χ1v) is 4.01. The van der Waals surface area contributed by atoms with Gasteiger partial charge in [0.2, 0.25) is 5.75 Å². The normalized spacial score (nSPS) is 10.5. The van der Waals surface area contributed by atoms with Crippen molar-refractivity contribution in [2.75, 3.05) is 7.11 Å². The molecule has 82 valence electrons. The lowest BCUT2D eigenvalue weighted by Gasteiger charge is -2.06. The summed E-state index contributed by atoms with van der Waals surface area (Å²) in [6.45, 7) is 0. The van der Waals surface area contributed by atoms with Crippen molar-refractivity contribution in [3.63, 3.8) is 0 Å². The van der Waals surface area contributed by atoms with Gasteiger partial charge in [-0.2, -0.15) is 0 Å². The van der Waals surface area contributed by atoms with E-state index in [0.717, 1.165) is 13.3 Å². The number of methoxy groups -OCH3 is 1. The second-order valence-electron chi connectivity index (χ2n) is 2.44. The van der Waals surface area contributed by atoms with Crippen molar-refractivity contribution in [3.8, 4) is 5.75 Å². The summed E-state index contributed by atoms with van der Waals surface area (Å²) < 4.78 is 29.5. The lowest BCUT2D eigenvalue weighted by molar-refractivity contribution is -0.387. The SMILES string of the molecule is COc1cnc(Cl)c(C(F)F)c1[N+](=O)[O-]. The van der Waals surface area contributed by atoms with Gasteiger partial charge in [-0.1, -0.05) is 11.6 Å². The Morgan fingerprint density at radius 3 is 2.67 bits per heavy atom. The van der Waals surface area contributed by atoms with Crippen LogP contribution in [0.4, 0.5) is 14.5 Å². The maximum absolute atomic E-state index is 12.5. The lowest BCUT2D eigenvalue weighted by Crippen LogP contribution is -2.01. The number of nitrogens with zero attached hydrogens (tertiary/aromatic N) is 2. The molecule has 0 radical (unpaired) electrons. The molecule has 0 amide bonds. The summed E-state index contributed by atoms with van der Waals surface area (Å²) in [6.07, 6.45) is -2.16. The Morgan fingerprint density at radius 1 is 1.67 bits per heavy atom. The molecule has 0 saturated carbocycles.